The summed E-state index contributed by atoms with van der Waals surface area (Å²) in [6.07, 6.45) is 1.21. The van der Waals surface area contributed by atoms with Crippen LogP contribution in [0.25, 0.3) is 0 Å². The molecule has 1 saturated heterocycles. The van der Waals surface area contributed by atoms with Gasteiger partial charge < -0.3 is 10.5 Å². The Hall–Kier alpha value is -1.04. The molecule has 0 spiro atoms. The van der Waals surface area contributed by atoms with Crippen LogP contribution >= 0.6 is 0 Å². The number of halogens is 2. The topological polar surface area (TPSA) is 38.5 Å². The van der Waals surface area contributed by atoms with Crippen LogP contribution in [0.4, 0.5) is 8.78 Å². The van der Waals surface area contributed by atoms with Gasteiger partial charge >= 0.3 is 0 Å². The van der Waals surface area contributed by atoms with Gasteiger partial charge in [0.25, 0.3) is 0 Å². The molecular weight excluding hydrogens is 250 g/mol. The average Bonchev–Trinajstić information content (AvgIpc) is 2.42. The van der Waals surface area contributed by atoms with Crippen LogP contribution in [0, 0.1) is 11.6 Å². The van der Waals surface area contributed by atoms with E-state index in [0.29, 0.717) is 18.7 Å². The quantitative estimate of drug-likeness (QED) is 0.910. The van der Waals surface area contributed by atoms with Gasteiger partial charge in [0, 0.05) is 25.7 Å². The summed E-state index contributed by atoms with van der Waals surface area (Å²) in [6, 6.07) is 3.53. The maximum Gasteiger partial charge on any atom is 0.159 e. The zero-order chi connectivity index (χ0) is 13.8. The molecule has 1 heterocycles. The molecule has 1 aliphatic rings. The summed E-state index contributed by atoms with van der Waals surface area (Å²) < 4.78 is 31.6. The third-order valence-electron chi connectivity index (χ3n) is 3.50. The van der Waals surface area contributed by atoms with Gasteiger partial charge in [0.15, 0.2) is 11.6 Å². The number of morpholine rings is 1. The number of nitrogens with zero attached hydrogens (tertiary/aromatic N) is 1. The van der Waals surface area contributed by atoms with E-state index in [-0.39, 0.29) is 12.1 Å². The number of benzene rings is 1. The highest BCUT2D eigenvalue weighted by Crippen LogP contribution is 2.17. The fourth-order valence-electron chi connectivity index (χ4n) is 2.32. The SMILES string of the molecule is CCC1CN(CC(N)c2ccc(F)c(F)c2)CCO1. The maximum absolute atomic E-state index is 13.2. The second-order valence-corrected chi connectivity index (χ2v) is 4.94. The van der Waals surface area contributed by atoms with Crippen molar-refractivity contribution in [1.82, 2.24) is 4.90 Å². The fourth-order valence-corrected chi connectivity index (χ4v) is 2.32. The summed E-state index contributed by atoms with van der Waals surface area (Å²) in [7, 11) is 0. The second-order valence-electron chi connectivity index (χ2n) is 4.94. The molecule has 2 N–H and O–H groups in total. The Kier molecular flexibility index (Phi) is 4.85. The van der Waals surface area contributed by atoms with E-state index < -0.39 is 11.6 Å². The lowest BCUT2D eigenvalue weighted by Crippen LogP contribution is -2.44. The highest BCUT2D eigenvalue weighted by Gasteiger charge is 2.21. The van der Waals surface area contributed by atoms with Crippen LogP contribution in [-0.2, 0) is 4.74 Å². The van der Waals surface area contributed by atoms with E-state index in [1.165, 1.54) is 6.07 Å². The first-order chi connectivity index (χ1) is 9.10. The molecule has 0 bridgehead atoms. The normalized spacial score (nSPS) is 22.4. The molecule has 0 amide bonds. The Morgan fingerprint density at radius 2 is 2.21 bits per heavy atom. The molecule has 1 aromatic rings. The standard InChI is InChI=1S/C14H20F2N2O/c1-2-11-8-18(5-6-19-11)9-14(17)10-3-4-12(15)13(16)7-10/h3-4,7,11,14H,2,5-6,8-9,17H2,1H3. The highest BCUT2D eigenvalue weighted by molar-refractivity contribution is 5.21. The zero-order valence-electron chi connectivity index (χ0n) is 11.1. The number of nitrogens with two attached hydrogens (primary N) is 1. The lowest BCUT2D eigenvalue weighted by Gasteiger charge is -2.34. The van der Waals surface area contributed by atoms with Crippen molar-refractivity contribution in [3.05, 3.63) is 35.4 Å². The monoisotopic (exact) mass is 270 g/mol. The van der Waals surface area contributed by atoms with E-state index in [4.69, 9.17) is 10.5 Å². The Morgan fingerprint density at radius 3 is 2.89 bits per heavy atom. The summed E-state index contributed by atoms with van der Waals surface area (Å²) in [5.74, 6) is -1.69. The van der Waals surface area contributed by atoms with Gasteiger partial charge in [-0.2, -0.15) is 0 Å². The first kappa shape index (κ1) is 14.4. The first-order valence-electron chi connectivity index (χ1n) is 6.64. The Morgan fingerprint density at radius 1 is 1.42 bits per heavy atom. The van der Waals surface area contributed by atoms with E-state index in [2.05, 4.69) is 11.8 Å². The number of ether oxygens (including phenoxy) is 1. The van der Waals surface area contributed by atoms with Crippen molar-refractivity contribution in [2.75, 3.05) is 26.2 Å². The fraction of sp³-hybridized carbons (Fsp3) is 0.571. The molecule has 5 heteroatoms. The number of rotatable bonds is 4. The molecule has 0 aromatic heterocycles. The van der Waals surface area contributed by atoms with E-state index in [9.17, 15) is 8.78 Å². The predicted octanol–water partition coefficient (Wildman–Crippen LogP) is 2.08. The molecule has 1 aromatic carbocycles. The molecule has 0 radical (unpaired) electrons. The van der Waals surface area contributed by atoms with E-state index >= 15 is 0 Å². The summed E-state index contributed by atoms with van der Waals surface area (Å²) in [6.45, 7) is 5.08. The van der Waals surface area contributed by atoms with E-state index in [1.807, 2.05) is 0 Å². The van der Waals surface area contributed by atoms with Gasteiger partial charge in [-0.3, -0.25) is 4.90 Å². The van der Waals surface area contributed by atoms with Crippen LogP contribution in [0.5, 0.6) is 0 Å². The van der Waals surface area contributed by atoms with Crippen LogP contribution in [0.15, 0.2) is 18.2 Å². The summed E-state index contributed by atoms with van der Waals surface area (Å²) in [4.78, 5) is 2.21. The predicted molar refractivity (Wildman–Crippen MR) is 69.8 cm³/mol. The van der Waals surface area contributed by atoms with Crippen molar-refractivity contribution in [3.8, 4) is 0 Å². The first-order valence-corrected chi connectivity index (χ1v) is 6.64. The smallest absolute Gasteiger partial charge is 0.159 e. The van der Waals surface area contributed by atoms with Gasteiger partial charge in [-0.15, -0.1) is 0 Å². The minimum Gasteiger partial charge on any atom is -0.376 e. The maximum atomic E-state index is 13.2. The molecule has 1 aliphatic heterocycles. The van der Waals surface area contributed by atoms with Gasteiger partial charge in [-0.25, -0.2) is 8.78 Å². The van der Waals surface area contributed by atoms with Crippen LogP contribution in [0.1, 0.15) is 24.9 Å². The molecule has 0 aliphatic carbocycles. The third kappa shape index (κ3) is 3.72. The zero-order valence-corrected chi connectivity index (χ0v) is 11.1. The Balaban J connectivity index is 1.96. The van der Waals surface area contributed by atoms with Crippen LogP contribution in [0.2, 0.25) is 0 Å². The number of hydrogen-bond acceptors (Lipinski definition) is 3. The summed E-state index contributed by atoms with van der Waals surface area (Å²) in [5.41, 5.74) is 6.68. The highest BCUT2D eigenvalue weighted by atomic mass is 19.2. The molecular formula is C14H20F2N2O. The second kappa shape index (κ2) is 6.41. The van der Waals surface area contributed by atoms with Crippen molar-refractivity contribution in [2.24, 2.45) is 5.73 Å². The summed E-state index contributed by atoms with van der Waals surface area (Å²) >= 11 is 0. The minimum absolute atomic E-state index is 0.242. The number of hydrogen-bond donors (Lipinski definition) is 1. The molecule has 19 heavy (non-hydrogen) atoms. The Bertz CT molecular complexity index is 428. The van der Waals surface area contributed by atoms with Crippen LogP contribution in [0.3, 0.4) is 0 Å². The van der Waals surface area contributed by atoms with Gasteiger partial charge in [0.2, 0.25) is 0 Å². The minimum atomic E-state index is -0.846. The van der Waals surface area contributed by atoms with Crippen molar-refractivity contribution in [1.29, 1.82) is 0 Å². The van der Waals surface area contributed by atoms with Gasteiger partial charge in [0.1, 0.15) is 0 Å². The third-order valence-corrected chi connectivity index (χ3v) is 3.50. The van der Waals surface area contributed by atoms with E-state index in [1.54, 1.807) is 6.07 Å². The van der Waals surface area contributed by atoms with Crippen LogP contribution in [-0.4, -0.2) is 37.2 Å². The lowest BCUT2D eigenvalue weighted by atomic mass is 10.1. The van der Waals surface area contributed by atoms with Crippen molar-refractivity contribution >= 4 is 0 Å². The molecule has 2 unspecified atom stereocenters. The average molecular weight is 270 g/mol. The molecule has 106 valence electrons. The van der Waals surface area contributed by atoms with Crippen molar-refractivity contribution in [2.45, 2.75) is 25.5 Å². The molecule has 1 fully saturated rings. The molecule has 2 atom stereocenters. The van der Waals surface area contributed by atoms with Gasteiger partial charge in [-0.05, 0) is 24.1 Å². The van der Waals surface area contributed by atoms with Crippen molar-refractivity contribution < 1.29 is 13.5 Å². The van der Waals surface area contributed by atoms with Gasteiger partial charge in [-0.1, -0.05) is 13.0 Å². The molecule has 0 saturated carbocycles. The largest absolute Gasteiger partial charge is 0.376 e. The Labute approximate surface area is 112 Å². The lowest BCUT2D eigenvalue weighted by molar-refractivity contribution is -0.0312. The van der Waals surface area contributed by atoms with Gasteiger partial charge in [0.05, 0.1) is 12.7 Å². The summed E-state index contributed by atoms with van der Waals surface area (Å²) in [5, 5.41) is 0. The molecule has 3 nitrogen and oxygen atoms in total. The van der Waals surface area contributed by atoms with Crippen molar-refractivity contribution in [3.63, 3.8) is 0 Å². The van der Waals surface area contributed by atoms with Crippen LogP contribution < -0.4 is 5.73 Å². The van der Waals surface area contributed by atoms with E-state index in [0.717, 1.165) is 25.6 Å². The molecule has 2 rings (SSSR count).